The summed E-state index contributed by atoms with van der Waals surface area (Å²) in [6.45, 7) is 2.75. The molecule has 0 fully saturated rings. The lowest BCUT2D eigenvalue weighted by atomic mass is 10.2. The summed E-state index contributed by atoms with van der Waals surface area (Å²) in [5.74, 6) is -0.0579. The molecule has 0 bridgehead atoms. The maximum atomic E-state index is 11.8. The topological polar surface area (TPSA) is 41.1 Å². The number of anilines is 1. The summed E-state index contributed by atoms with van der Waals surface area (Å²) in [6, 6.07) is 13.4. The van der Waals surface area contributed by atoms with Crippen LogP contribution in [0.15, 0.2) is 46.9 Å². The Morgan fingerprint density at radius 2 is 1.90 bits per heavy atom. The van der Waals surface area contributed by atoms with Crippen LogP contribution in [0.25, 0.3) is 0 Å². The van der Waals surface area contributed by atoms with Crippen molar-refractivity contribution in [2.45, 2.75) is 13.5 Å². The molecule has 21 heavy (non-hydrogen) atoms. The highest BCUT2D eigenvalue weighted by atomic mass is 79.9. The molecule has 0 spiro atoms. The van der Waals surface area contributed by atoms with Crippen LogP contribution in [0, 0.1) is 6.92 Å². The zero-order valence-electron chi connectivity index (χ0n) is 11.6. The van der Waals surface area contributed by atoms with Gasteiger partial charge in [-0.05, 0) is 58.2 Å². The number of carbonyl (C=O) groups is 1. The molecule has 0 saturated heterocycles. The van der Waals surface area contributed by atoms with Gasteiger partial charge in [0, 0.05) is 21.7 Å². The summed E-state index contributed by atoms with van der Waals surface area (Å²) in [5.41, 5.74) is 3.09. The highest BCUT2D eigenvalue weighted by molar-refractivity contribution is 9.10. The van der Waals surface area contributed by atoms with Gasteiger partial charge in [-0.2, -0.15) is 0 Å². The summed E-state index contributed by atoms with van der Waals surface area (Å²) >= 11 is 9.29. The van der Waals surface area contributed by atoms with Crippen LogP contribution in [-0.4, -0.2) is 12.5 Å². The molecule has 0 aliphatic carbocycles. The van der Waals surface area contributed by atoms with Crippen molar-refractivity contribution in [1.29, 1.82) is 0 Å². The van der Waals surface area contributed by atoms with Gasteiger partial charge >= 0.3 is 0 Å². The molecule has 0 heterocycles. The van der Waals surface area contributed by atoms with E-state index in [4.69, 9.17) is 11.6 Å². The molecule has 0 atom stereocenters. The van der Waals surface area contributed by atoms with Gasteiger partial charge < -0.3 is 10.6 Å². The molecule has 0 unspecified atom stereocenters. The minimum Gasteiger partial charge on any atom is -0.375 e. The van der Waals surface area contributed by atoms with Gasteiger partial charge in [0.25, 0.3) is 0 Å². The Morgan fingerprint density at radius 1 is 1.19 bits per heavy atom. The molecular weight excluding hydrogens is 352 g/mol. The minimum absolute atomic E-state index is 0.0579. The molecule has 2 aromatic rings. The number of rotatable bonds is 5. The van der Waals surface area contributed by atoms with Crippen LogP contribution in [0.5, 0.6) is 0 Å². The third kappa shape index (κ3) is 5.06. The van der Waals surface area contributed by atoms with E-state index in [-0.39, 0.29) is 12.5 Å². The molecule has 0 aliphatic heterocycles. The zero-order chi connectivity index (χ0) is 15.2. The Morgan fingerprint density at radius 3 is 2.57 bits per heavy atom. The maximum Gasteiger partial charge on any atom is 0.239 e. The second-order valence-electron chi connectivity index (χ2n) is 4.74. The van der Waals surface area contributed by atoms with Crippen LogP contribution in [0.1, 0.15) is 11.1 Å². The molecule has 5 heteroatoms. The first-order valence-corrected chi connectivity index (χ1v) is 7.73. The van der Waals surface area contributed by atoms with Gasteiger partial charge in [0.2, 0.25) is 5.91 Å². The molecule has 2 N–H and O–H groups in total. The van der Waals surface area contributed by atoms with Crippen LogP contribution in [0.2, 0.25) is 5.02 Å². The van der Waals surface area contributed by atoms with E-state index >= 15 is 0 Å². The summed E-state index contributed by atoms with van der Waals surface area (Å²) < 4.78 is 0.952. The highest BCUT2D eigenvalue weighted by Crippen LogP contribution is 2.22. The zero-order valence-corrected chi connectivity index (χ0v) is 14.0. The molecule has 110 valence electrons. The van der Waals surface area contributed by atoms with Crippen LogP contribution in [-0.2, 0) is 11.3 Å². The fourth-order valence-corrected chi connectivity index (χ4v) is 2.56. The lowest BCUT2D eigenvalue weighted by Crippen LogP contribution is -2.29. The summed E-state index contributed by atoms with van der Waals surface area (Å²) in [4.78, 5) is 11.8. The van der Waals surface area contributed by atoms with Crippen molar-refractivity contribution >= 4 is 39.1 Å². The van der Waals surface area contributed by atoms with Gasteiger partial charge in [0.05, 0.1) is 6.54 Å². The average molecular weight is 368 g/mol. The van der Waals surface area contributed by atoms with Crippen LogP contribution < -0.4 is 10.6 Å². The summed E-state index contributed by atoms with van der Waals surface area (Å²) in [6.07, 6.45) is 0. The first-order valence-electron chi connectivity index (χ1n) is 6.56. The fourth-order valence-electron chi connectivity index (χ4n) is 1.80. The SMILES string of the molecule is Cc1ccc(NCC(=O)NCc2ccc(Cl)cc2)c(Br)c1. The number of hydrogen-bond donors (Lipinski definition) is 2. The van der Waals surface area contributed by atoms with Crippen LogP contribution in [0.4, 0.5) is 5.69 Å². The monoisotopic (exact) mass is 366 g/mol. The van der Waals surface area contributed by atoms with Gasteiger partial charge in [0.1, 0.15) is 0 Å². The lowest BCUT2D eigenvalue weighted by molar-refractivity contribution is -0.119. The van der Waals surface area contributed by atoms with E-state index in [0.717, 1.165) is 15.7 Å². The molecule has 3 nitrogen and oxygen atoms in total. The van der Waals surface area contributed by atoms with E-state index < -0.39 is 0 Å². The van der Waals surface area contributed by atoms with Crippen LogP contribution in [0.3, 0.4) is 0 Å². The van der Waals surface area contributed by atoms with Crippen molar-refractivity contribution < 1.29 is 4.79 Å². The minimum atomic E-state index is -0.0579. The van der Waals surface area contributed by atoms with Crippen molar-refractivity contribution in [2.75, 3.05) is 11.9 Å². The second kappa shape index (κ2) is 7.48. The third-order valence-electron chi connectivity index (χ3n) is 2.97. The van der Waals surface area contributed by atoms with Crippen molar-refractivity contribution in [3.05, 3.63) is 63.1 Å². The highest BCUT2D eigenvalue weighted by Gasteiger charge is 2.04. The van der Waals surface area contributed by atoms with Gasteiger partial charge in [-0.3, -0.25) is 4.79 Å². The Kier molecular flexibility index (Phi) is 5.65. The Balaban J connectivity index is 1.80. The largest absolute Gasteiger partial charge is 0.375 e. The fraction of sp³-hybridized carbons (Fsp3) is 0.188. The van der Waals surface area contributed by atoms with Crippen molar-refractivity contribution in [2.24, 2.45) is 0 Å². The van der Waals surface area contributed by atoms with E-state index in [9.17, 15) is 4.79 Å². The average Bonchev–Trinajstić information content (AvgIpc) is 2.46. The van der Waals surface area contributed by atoms with Crippen molar-refractivity contribution in [1.82, 2.24) is 5.32 Å². The summed E-state index contributed by atoms with van der Waals surface area (Å²) in [7, 11) is 0. The number of hydrogen-bond acceptors (Lipinski definition) is 2. The summed E-state index contributed by atoms with van der Waals surface area (Å²) in [5, 5.41) is 6.66. The first kappa shape index (κ1) is 15.9. The molecule has 0 aliphatic rings. The van der Waals surface area contributed by atoms with Crippen LogP contribution >= 0.6 is 27.5 Å². The number of carbonyl (C=O) groups excluding carboxylic acids is 1. The molecule has 0 saturated carbocycles. The quantitative estimate of drug-likeness (QED) is 0.834. The predicted molar refractivity (Wildman–Crippen MR) is 90.7 cm³/mol. The number of halogens is 2. The second-order valence-corrected chi connectivity index (χ2v) is 6.03. The predicted octanol–water partition coefficient (Wildman–Crippen LogP) is 4.14. The van der Waals surface area contributed by atoms with Crippen molar-refractivity contribution in [3.8, 4) is 0 Å². The van der Waals surface area contributed by atoms with E-state index in [1.54, 1.807) is 0 Å². The van der Waals surface area contributed by atoms with Gasteiger partial charge in [0.15, 0.2) is 0 Å². The Hall–Kier alpha value is -1.52. The van der Waals surface area contributed by atoms with E-state index in [1.807, 2.05) is 49.4 Å². The molecule has 0 radical (unpaired) electrons. The smallest absolute Gasteiger partial charge is 0.239 e. The number of nitrogens with one attached hydrogen (secondary N) is 2. The Labute approximate surface area is 137 Å². The molecule has 1 amide bonds. The number of aryl methyl sites for hydroxylation is 1. The molecule has 2 aromatic carbocycles. The number of amides is 1. The first-order chi connectivity index (χ1) is 10.0. The Bertz CT molecular complexity index is 629. The maximum absolute atomic E-state index is 11.8. The molecular formula is C16H16BrClN2O. The normalized spacial score (nSPS) is 10.2. The van der Waals surface area contributed by atoms with Gasteiger partial charge in [-0.15, -0.1) is 0 Å². The van der Waals surface area contributed by atoms with Gasteiger partial charge in [-0.25, -0.2) is 0 Å². The van der Waals surface area contributed by atoms with Gasteiger partial charge in [-0.1, -0.05) is 29.8 Å². The lowest BCUT2D eigenvalue weighted by Gasteiger charge is -2.10. The molecule has 2 rings (SSSR count). The van der Waals surface area contributed by atoms with E-state index in [2.05, 4.69) is 26.6 Å². The van der Waals surface area contributed by atoms with E-state index in [0.29, 0.717) is 11.6 Å². The third-order valence-corrected chi connectivity index (χ3v) is 3.87. The van der Waals surface area contributed by atoms with E-state index in [1.165, 1.54) is 5.56 Å². The number of benzene rings is 2. The van der Waals surface area contributed by atoms with Crippen molar-refractivity contribution in [3.63, 3.8) is 0 Å². The molecule has 0 aromatic heterocycles. The standard InChI is InChI=1S/C16H16BrClN2O/c1-11-2-7-15(14(17)8-11)19-10-16(21)20-9-12-3-5-13(18)6-4-12/h2-8,19H,9-10H2,1H3,(H,20,21).